The summed E-state index contributed by atoms with van der Waals surface area (Å²) in [6, 6.07) is 6.62. The molecule has 0 atom stereocenters. The third kappa shape index (κ3) is 1.55. The Kier molecular flexibility index (Phi) is 2.33. The largest absolute Gasteiger partial charge is 0.241 e. The van der Waals surface area contributed by atoms with E-state index in [9.17, 15) is 4.39 Å². The van der Waals surface area contributed by atoms with Crippen LogP contribution in [0, 0.1) is 19.7 Å². The summed E-state index contributed by atoms with van der Waals surface area (Å²) >= 11 is 1.48. The number of nitrogens with zero attached hydrogens (tertiary/aromatic N) is 1. The summed E-state index contributed by atoms with van der Waals surface area (Å²) in [5, 5.41) is 0.910. The first kappa shape index (κ1) is 9.34. The molecule has 2 aromatic rings. The van der Waals surface area contributed by atoms with E-state index in [1.54, 1.807) is 18.2 Å². The summed E-state index contributed by atoms with van der Waals surface area (Å²) in [6.45, 7) is 5.74. The molecule has 1 heterocycles. The molecule has 71 valence electrons. The summed E-state index contributed by atoms with van der Waals surface area (Å²) in [4.78, 5) is 5.07. The van der Waals surface area contributed by atoms with Crippen LogP contribution < -0.4 is 0 Å². The summed E-state index contributed by atoms with van der Waals surface area (Å²) in [5.74, 6) is -0.247. The lowest BCUT2D eigenvalue weighted by Gasteiger charge is -1.99. The number of aromatic nitrogens is 1. The van der Waals surface area contributed by atoms with Crippen molar-refractivity contribution in [3.05, 3.63) is 46.9 Å². The summed E-state index contributed by atoms with van der Waals surface area (Å²) < 4.78 is 13.4. The van der Waals surface area contributed by atoms with Crippen LogP contribution in [0.15, 0.2) is 24.3 Å². The smallest absolute Gasteiger partial charge is 0.132 e. The Morgan fingerprint density at radius 1 is 1.36 bits per heavy atom. The van der Waals surface area contributed by atoms with E-state index in [0.29, 0.717) is 11.3 Å². The van der Waals surface area contributed by atoms with E-state index in [4.69, 9.17) is 0 Å². The predicted molar refractivity (Wildman–Crippen MR) is 56.7 cm³/mol. The first-order chi connectivity index (χ1) is 6.68. The highest BCUT2D eigenvalue weighted by Gasteiger charge is 2.10. The van der Waals surface area contributed by atoms with Crippen LogP contribution >= 0.6 is 11.3 Å². The monoisotopic (exact) mass is 206 g/mol. The van der Waals surface area contributed by atoms with Crippen LogP contribution in [0.3, 0.4) is 0 Å². The zero-order chi connectivity index (χ0) is 10.1. The van der Waals surface area contributed by atoms with Crippen molar-refractivity contribution in [1.29, 1.82) is 0 Å². The van der Waals surface area contributed by atoms with Gasteiger partial charge < -0.3 is 0 Å². The van der Waals surface area contributed by atoms with Gasteiger partial charge in [-0.15, -0.1) is 11.3 Å². The third-order valence-electron chi connectivity index (χ3n) is 1.93. The van der Waals surface area contributed by atoms with Gasteiger partial charge in [-0.25, -0.2) is 9.37 Å². The van der Waals surface area contributed by atoms with Crippen molar-refractivity contribution in [2.24, 2.45) is 0 Å². The first-order valence-corrected chi connectivity index (χ1v) is 5.04. The van der Waals surface area contributed by atoms with Gasteiger partial charge >= 0.3 is 0 Å². The summed E-state index contributed by atoms with van der Waals surface area (Å²) in [6.07, 6.45) is 0. The molecule has 0 aliphatic rings. The second-order valence-corrected chi connectivity index (χ2v) is 4.27. The van der Waals surface area contributed by atoms with Gasteiger partial charge in [-0.3, -0.25) is 0 Å². The minimum Gasteiger partial charge on any atom is -0.241 e. The number of benzene rings is 1. The quantitative estimate of drug-likeness (QED) is 0.696. The molecule has 1 radical (unpaired) electrons. The normalized spacial score (nSPS) is 10.5. The van der Waals surface area contributed by atoms with Gasteiger partial charge in [0.15, 0.2) is 0 Å². The number of hydrogen-bond acceptors (Lipinski definition) is 2. The molecule has 0 bridgehead atoms. The standard InChI is InChI=1S/C11H9FNS/c1-7-11(13-8(2)14-7)9-5-3-4-6-10(9)12/h3-6H,1H2,2H3. The molecule has 1 aromatic carbocycles. The van der Waals surface area contributed by atoms with E-state index in [-0.39, 0.29) is 5.82 Å². The van der Waals surface area contributed by atoms with Gasteiger partial charge in [0.2, 0.25) is 0 Å². The minimum absolute atomic E-state index is 0.247. The fourth-order valence-electron chi connectivity index (χ4n) is 1.33. The van der Waals surface area contributed by atoms with Gasteiger partial charge in [-0.05, 0) is 26.0 Å². The number of thiazole rings is 1. The van der Waals surface area contributed by atoms with Gasteiger partial charge in [-0.1, -0.05) is 12.1 Å². The lowest BCUT2D eigenvalue weighted by atomic mass is 10.1. The minimum atomic E-state index is -0.247. The van der Waals surface area contributed by atoms with E-state index in [1.807, 2.05) is 6.92 Å². The zero-order valence-corrected chi connectivity index (χ0v) is 8.57. The van der Waals surface area contributed by atoms with Crippen molar-refractivity contribution in [2.75, 3.05) is 0 Å². The molecule has 0 N–H and O–H groups in total. The molecular weight excluding hydrogens is 197 g/mol. The van der Waals surface area contributed by atoms with Crippen LogP contribution in [0.4, 0.5) is 4.39 Å². The molecule has 0 saturated carbocycles. The van der Waals surface area contributed by atoms with Crippen LogP contribution in [0.5, 0.6) is 0 Å². The molecule has 0 aliphatic carbocycles. The van der Waals surface area contributed by atoms with Crippen LogP contribution in [0.1, 0.15) is 9.88 Å². The molecule has 1 aromatic heterocycles. The average Bonchev–Trinajstić information content (AvgIpc) is 2.46. The van der Waals surface area contributed by atoms with E-state index < -0.39 is 0 Å². The van der Waals surface area contributed by atoms with E-state index >= 15 is 0 Å². The SMILES string of the molecule is [CH2]c1sc(C)nc1-c1ccccc1F. The van der Waals surface area contributed by atoms with Gasteiger partial charge in [0.25, 0.3) is 0 Å². The maximum atomic E-state index is 13.4. The average molecular weight is 206 g/mol. The second-order valence-electron chi connectivity index (χ2n) is 2.98. The van der Waals surface area contributed by atoms with Gasteiger partial charge in [0.05, 0.1) is 10.7 Å². The molecule has 14 heavy (non-hydrogen) atoms. The maximum absolute atomic E-state index is 13.4. The molecule has 0 fully saturated rings. The van der Waals surface area contributed by atoms with Crippen molar-refractivity contribution in [3.8, 4) is 11.3 Å². The van der Waals surface area contributed by atoms with E-state index in [2.05, 4.69) is 11.9 Å². The maximum Gasteiger partial charge on any atom is 0.132 e. The van der Waals surface area contributed by atoms with E-state index in [1.165, 1.54) is 17.4 Å². The Morgan fingerprint density at radius 2 is 2.07 bits per heavy atom. The Balaban J connectivity index is 2.60. The van der Waals surface area contributed by atoms with Crippen molar-refractivity contribution in [1.82, 2.24) is 4.98 Å². The number of aryl methyl sites for hydroxylation is 1. The fraction of sp³-hybridized carbons (Fsp3) is 0.0909. The lowest BCUT2D eigenvalue weighted by Crippen LogP contribution is -1.85. The summed E-state index contributed by atoms with van der Waals surface area (Å²) in [7, 11) is 0. The molecule has 0 amide bonds. The molecule has 3 heteroatoms. The highest BCUT2D eigenvalue weighted by Crippen LogP contribution is 2.28. The fourth-order valence-corrected chi connectivity index (χ4v) is 2.08. The zero-order valence-electron chi connectivity index (χ0n) is 7.75. The van der Waals surface area contributed by atoms with Crippen LogP contribution in [0.25, 0.3) is 11.3 Å². The Morgan fingerprint density at radius 3 is 2.64 bits per heavy atom. The van der Waals surface area contributed by atoms with Crippen molar-refractivity contribution in [2.45, 2.75) is 6.92 Å². The molecule has 0 aliphatic heterocycles. The number of hydrogen-bond donors (Lipinski definition) is 0. The lowest BCUT2D eigenvalue weighted by molar-refractivity contribution is 0.631. The molecule has 0 saturated heterocycles. The Bertz CT molecular complexity index is 462. The van der Waals surface area contributed by atoms with Gasteiger partial charge in [0.1, 0.15) is 5.82 Å². The topological polar surface area (TPSA) is 12.9 Å². The van der Waals surface area contributed by atoms with Crippen LogP contribution in [0.2, 0.25) is 0 Å². The third-order valence-corrected chi connectivity index (χ3v) is 2.76. The van der Waals surface area contributed by atoms with Gasteiger partial charge in [0, 0.05) is 10.4 Å². The number of halogens is 1. The van der Waals surface area contributed by atoms with Crippen LogP contribution in [-0.4, -0.2) is 4.98 Å². The van der Waals surface area contributed by atoms with Gasteiger partial charge in [-0.2, -0.15) is 0 Å². The van der Waals surface area contributed by atoms with Crippen LogP contribution in [-0.2, 0) is 0 Å². The number of rotatable bonds is 1. The van der Waals surface area contributed by atoms with Crippen molar-refractivity contribution >= 4 is 11.3 Å². The van der Waals surface area contributed by atoms with Crippen molar-refractivity contribution in [3.63, 3.8) is 0 Å². The molecule has 2 rings (SSSR count). The molecule has 0 spiro atoms. The highest BCUT2D eigenvalue weighted by atomic mass is 32.1. The Hall–Kier alpha value is -1.22. The molecule has 1 nitrogen and oxygen atoms in total. The predicted octanol–water partition coefficient (Wildman–Crippen LogP) is 3.44. The van der Waals surface area contributed by atoms with Crippen molar-refractivity contribution < 1.29 is 4.39 Å². The molecule has 0 unspecified atom stereocenters. The first-order valence-electron chi connectivity index (χ1n) is 4.23. The summed E-state index contributed by atoms with van der Waals surface area (Å²) in [5.41, 5.74) is 1.19. The second kappa shape index (κ2) is 3.50. The molecular formula is C11H9FNS. The van der Waals surface area contributed by atoms with E-state index in [0.717, 1.165) is 9.88 Å². The highest BCUT2D eigenvalue weighted by molar-refractivity contribution is 7.12. The Labute approximate surface area is 86.2 Å².